The van der Waals surface area contributed by atoms with Gasteiger partial charge in [0.05, 0.1) is 16.2 Å². The summed E-state index contributed by atoms with van der Waals surface area (Å²) in [5, 5.41) is 12.4. The minimum Gasteiger partial charge on any atom is -0.325 e. The summed E-state index contributed by atoms with van der Waals surface area (Å²) in [6.07, 6.45) is 2.64. The highest BCUT2D eigenvalue weighted by atomic mass is 32.2. The normalized spacial score (nSPS) is 13.2. The van der Waals surface area contributed by atoms with Gasteiger partial charge in [0.15, 0.2) is 5.16 Å². The predicted octanol–water partition coefficient (Wildman–Crippen LogP) is 4.86. The smallest absolute Gasteiger partial charge is 0.263 e. The number of nitrogens with zero attached hydrogens (tertiary/aromatic N) is 4. The van der Waals surface area contributed by atoms with Crippen molar-refractivity contribution in [2.75, 3.05) is 5.32 Å². The molecule has 2 unspecified atom stereocenters. The molecule has 4 rings (SSSR count). The van der Waals surface area contributed by atoms with Crippen LogP contribution < -0.4 is 10.9 Å². The van der Waals surface area contributed by atoms with Gasteiger partial charge < -0.3 is 5.32 Å². The first kappa shape index (κ1) is 22.8. The van der Waals surface area contributed by atoms with Gasteiger partial charge in [-0.15, -0.1) is 16.8 Å². The van der Waals surface area contributed by atoms with Gasteiger partial charge in [0.2, 0.25) is 11.7 Å². The lowest BCUT2D eigenvalue weighted by molar-refractivity contribution is -0.115. The first-order valence-electron chi connectivity index (χ1n) is 11.0. The third-order valence-corrected chi connectivity index (χ3v) is 6.85. The van der Waals surface area contributed by atoms with E-state index in [-0.39, 0.29) is 11.5 Å². The van der Waals surface area contributed by atoms with E-state index in [1.54, 1.807) is 16.7 Å². The Balaban J connectivity index is 1.68. The van der Waals surface area contributed by atoms with Gasteiger partial charge in [-0.2, -0.15) is 0 Å². The molecule has 2 aromatic carbocycles. The standard InChI is InChI=1S/C25H27N5O2S/c1-5-15-29-23(32)19-12-8-10-14-21(19)30-24(29)27-28-25(30)33-17(4)22(31)26-20-13-9-7-11-18(20)16(3)6-2/h5,7-14,16-17H,1,6,15H2,2-4H3,(H,26,31). The summed E-state index contributed by atoms with van der Waals surface area (Å²) >= 11 is 1.31. The SMILES string of the molecule is C=CCn1c(=O)c2ccccc2n2c(SC(C)C(=O)Nc3ccccc3C(C)CC)nnc12. The first-order chi connectivity index (χ1) is 16.0. The number of nitrogens with one attached hydrogen (secondary N) is 1. The topological polar surface area (TPSA) is 81.3 Å². The molecular formula is C25H27N5O2S. The van der Waals surface area contributed by atoms with Crippen LogP contribution in [0.2, 0.25) is 0 Å². The highest BCUT2D eigenvalue weighted by Crippen LogP contribution is 2.29. The van der Waals surface area contributed by atoms with Crippen molar-refractivity contribution >= 4 is 40.0 Å². The predicted molar refractivity (Wildman–Crippen MR) is 134 cm³/mol. The molecule has 7 nitrogen and oxygen atoms in total. The Labute approximate surface area is 196 Å². The molecular weight excluding hydrogens is 434 g/mol. The molecule has 0 saturated carbocycles. The monoisotopic (exact) mass is 461 g/mol. The van der Waals surface area contributed by atoms with E-state index in [0.29, 0.717) is 34.3 Å². The molecule has 2 aromatic heterocycles. The Morgan fingerprint density at radius 2 is 1.88 bits per heavy atom. The summed E-state index contributed by atoms with van der Waals surface area (Å²) in [4.78, 5) is 26.0. The molecule has 170 valence electrons. The summed E-state index contributed by atoms with van der Waals surface area (Å²) in [6, 6.07) is 15.3. The first-order valence-corrected chi connectivity index (χ1v) is 11.9. The second-order valence-electron chi connectivity index (χ2n) is 7.99. The van der Waals surface area contributed by atoms with E-state index in [1.807, 2.05) is 47.7 Å². The number of rotatable bonds is 8. The van der Waals surface area contributed by atoms with E-state index < -0.39 is 5.25 Å². The zero-order valence-corrected chi connectivity index (χ0v) is 19.8. The van der Waals surface area contributed by atoms with E-state index >= 15 is 0 Å². The molecule has 0 fully saturated rings. The average molecular weight is 462 g/mol. The molecule has 8 heteroatoms. The lowest BCUT2D eigenvalue weighted by atomic mass is 9.97. The summed E-state index contributed by atoms with van der Waals surface area (Å²) in [5.74, 6) is 0.657. The molecule has 1 N–H and O–H groups in total. The van der Waals surface area contributed by atoms with Crippen LogP contribution in [0.15, 0.2) is 71.1 Å². The molecule has 4 aromatic rings. The molecule has 0 saturated heterocycles. The van der Waals surface area contributed by atoms with Crippen LogP contribution in [0.25, 0.3) is 16.7 Å². The number of hydrogen-bond donors (Lipinski definition) is 1. The second kappa shape index (κ2) is 9.62. The number of allylic oxidation sites excluding steroid dienone is 1. The van der Waals surface area contributed by atoms with Crippen LogP contribution in [-0.4, -0.2) is 30.3 Å². The summed E-state index contributed by atoms with van der Waals surface area (Å²) in [6.45, 7) is 10.2. The molecule has 0 aliphatic heterocycles. The van der Waals surface area contributed by atoms with Crippen molar-refractivity contribution in [2.24, 2.45) is 0 Å². The zero-order valence-electron chi connectivity index (χ0n) is 19.0. The Morgan fingerprint density at radius 1 is 1.15 bits per heavy atom. The van der Waals surface area contributed by atoms with Gasteiger partial charge in [-0.1, -0.05) is 62.0 Å². The number of aromatic nitrogens is 4. The minimum absolute atomic E-state index is 0.115. The van der Waals surface area contributed by atoms with E-state index in [2.05, 4.69) is 42.0 Å². The number of hydrogen-bond acceptors (Lipinski definition) is 5. The van der Waals surface area contributed by atoms with Crippen LogP contribution >= 0.6 is 11.8 Å². The minimum atomic E-state index is -0.430. The van der Waals surface area contributed by atoms with Crippen LogP contribution in [0.5, 0.6) is 0 Å². The number of fused-ring (bicyclic) bond motifs is 3. The Hall–Kier alpha value is -3.39. The molecule has 0 spiro atoms. The molecule has 1 amide bonds. The van der Waals surface area contributed by atoms with Crippen molar-refractivity contribution in [2.45, 2.75) is 50.1 Å². The number of para-hydroxylation sites is 2. The van der Waals surface area contributed by atoms with Gasteiger partial charge in [0.25, 0.3) is 5.56 Å². The maximum Gasteiger partial charge on any atom is 0.263 e. The molecule has 0 bridgehead atoms. The lowest BCUT2D eigenvalue weighted by Gasteiger charge is -2.17. The van der Waals surface area contributed by atoms with Crippen LogP contribution in [0.3, 0.4) is 0 Å². The van der Waals surface area contributed by atoms with Crippen LogP contribution in [-0.2, 0) is 11.3 Å². The number of amides is 1. The molecule has 0 aliphatic carbocycles. The van der Waals surface area contributed by atoms with Gasteiger partial charge in [-0.05, 0) is 43.0 Å². The van der Waals surface area contributed by atoms with E-state index in [4.69, 9.17) is 0 Å². The molecule has 33 heavy (non-hydrogen) atoms. The number of carbonyl (C=O) groups excluding carboxylic acids is 1. The summed E-state index contributed by atoms with van der Waals surface area (Å²) < 4.78 is 3.38. The molecule has 0 aliphatic rings. The van der Waals surface area contributed by atoms with Crippen LogP contribution in [0.1, 0.15) is 38.7 Å². The zero-order chi connectivity index (χ0) is 23.5. The van der Waals surface area contributed by atoms with Crippen molar-refractivity contribution in [1.82, 2.24) is 19.2 Å². The van der Waals surface area contributed by atoms with Crippen molar-refractivity contribution in [3.05, 3.63) is 77.1 Å². The summed E-state index contributed by atoms with van der Waals surface area (Å²) in [5.41, 5.74) is 2.52. The fourth-order valence-electron chi connectivity index (χ4n) is 3.81. The number of carbonyl (C=O) groups is 1. The number of thioether (sulfide) groups is 1. The quantitative estimate of drug-likeness (QED) is 0.299. The Kier molecular flexibility index (Phi) is 6.65. The maximum atomic E-state index is 13.1. The van der Waals surface area contributed by atoms with Crippen molar-refractivity contribution in [3.63, 3.8) is 0 Å². The Morgan fingerprint density at radius 3 is 2.64 bits per heavy atom. The van der Waals surface area contributed by atoms with E-state index in [1.165, 1.54) is 11.8 Å². The lowest BCUT2D eigenvalue weighted by Crippen LogP contribution is -2.24. The number of anilines is 1. The van der Waals surface area contributed by atoms with Crippen LogP contribution in [0, 0.1) is 0 Å². The van der Waals surface area contributed by atoms with Crippen LogP contribution in [0.4, 0.5) is 5.69 Å². The highest BCUT2D eigenvalue weighted by molar-refractivity contribution is 8.00. The van der Waals surface area contributed by atoms with Gasteiger partial charge >= 0.3 is 0 Å². The van der Waals surface area contributed by atoms with Gasteiger partial charge in [-0.3, -0.25) is 18.6 Å². The van der Waals surface area contributed by atoms with Crippen molar-refractivity contribution in [3.8, 4) is 0 Å². The maximum absolute atomic E-state index is 13.1. The van der Waals surface area contributed by atoms with Gasteiger partial charge in [0, 0.05) is 12.2 Å². The highest BCUT2D eigenvalue weighted by Gasteiger charge is 2.22. The number of benzene rings is 2. The second-order valence-corrected chi connectivity index (χ2v) is 9.29. The van der Waals surface area contributed by atoms with E-state index in [9.17, 15) is 9.59 Å². The van der Waals surface area contributed by atoms with Gasteiger partial charge in [-0.25, -0.2) is 0 Å². The average Bonchev–Trinajstić information content (AvgIpc) is 3.25. The third-order valence-electron chi connectivity index (χ3n) is 5.80. The molecule has 2 atom stereocenters. The van der Waals surface area contributed by atoms with Crippen molar-refractivity contribution in [1.29, 1.82) is 0 Å². The summed E-state index contributed by atoms with van der Waals surface area (Å²) in [7, 11) is 0. The molecule has 2 heterocycles. The van der Waals surface area contributed by atoms with Crippen molar-refractivity contribution < 1.29 is 4.79 Å². The van der Waals surface area contributed by atoms with Gasteiger partial charge in [0.1, 0.15) is 0 Å². The third kappa shape index (κ3) is 4.30. The molecule has 0 radical (unpaired) electrons. The fourth-order valence-corrected chi connectivity index (χ4v) is 4.67. The largest absolute Gasteiger partial charge is 0.325 e. The van der Waals surface area contributed by atoms with E-state index in [0.717, 1.165) is 17.7 Å². The Bertz CT molecular complexity index is 1390. The fraction of sp³-hybridized carbons (Fsp3) is 0.280.